The zero-order valence-corrected chi connectivity index (χ0v) is 12.4. The molecule has 0 amide bonds. The lowest BCUT2D eigenvalue weighted by Crippen LogP contribution is -2.40. The van der Waals surface area contributed by atoms with Crippen LogP contribution in [0.4, 0.5) is 0 Å². The number of piperidine rings is 1. The van der Waals surface area contributed by atoms with Gasteiger partial charge in [-0.15, -0.1) is 0 Å². The van der Waals surface area contributed by atoms with Gasteiger partial charge in [0.1, 0.15) is 5.75 Å². The van der Waals surface area contributed by atoms with Crippen molar-refractivity contribution in [1.82, 2.24) is 10.2 Å². The molecule has 1 fully saturated rings. The molecular formula is C16H26N2O. The van der Waals surface area contributed by atoms with E-state index in [1.54, 1.807) is 7.11 Å². The van der Waals surface area contributed by atoms with Crippen molar-refractivity contribution in [3.8, 4) is 5.75 Å². The van der Waals surface area contributed by atoms with Gasteiger partial charge in [0.05, 0.1) is 7.11 Å². The summed E-state index contributed by atoms with van der Waals surface area (Å²) in [5.74, 6) is 1.74. The summed E-state index contributed by atoms with van der Waals surface area (Å²) in [5.41, 5.74) is 1.35. The first kappa shape index (κ1) is 14.4. The minimum atomic E-state index is 0.467. The molecule has 1 heterocycles. The minimum absolute atomic E-state index is 0.467. The van der Waals surface area contributed by atoms with Crippen LogP contribution < -0.4 is 10.1 Å². The van der Waals surface area contributed by atoms with Crippen molar-refractivity contribution in [2.75, 3.05) is 33.8 Å². The summed E-state index contributed by atoms with van der Waals surface area (Å²) in [6.07, 6.45) is 2.66. The molecule has 3 nitrogen and oxygen atoms in total. The Morgan fingerprint density at radius 3 is 3.05 bits per heavy atom. The maximum atomic E-state index is 5.32. The van der Waals surface area contributed by atoms with Gasteiger partial charge < -0.3 is 10.1 Å². The normalized spacial score (nSPS) is 22.2. The molecule has 1 saturated heterocycles. The lowest BCUT2D eigenvalue weighted by molar-refractivity contribution is 0.131. The summed E-state index contributed by atoms with van der Waals surface area (Å²) in [5, 5.41) is 3.31. The van der Waals surface area contributed by atoms with Crippen molar-refractivity contribution < 1.29 is 4.74 Å². The third-order valence-electron chi connectivity index (χ3n) is 4.17. The Balaban J connectivity index is 2.03. The van der Waals surface area contributed by atoms with Gasteiger partial charge in [-0.25, -0.2) is 0 Å². The standard InChI is InChI=1S/C16H26N2O/c1-13(15-7-4-8-16(10-15)19-3)18-9-5-6-14(12-18)11-17-2/h4,7-8,10,13-14,17H,5-6,9,11-12H2,1-3H3. The van der Waals surface area contributed by atoms with E-state index in [0.717, 1.165) is 18.2 Å². The van der Waals surface area contributed by atoms with E-state index in [1.807, 2.05) is 13.1 Å². The van der Waals surface area contributed by atoms with Gasteiger partial charge in [-0.3, -0.25) is 4.90 Å². The predicted molar refractivity (Wildman–Crippen MR) is 79.6 cm³/mol. The zero-order chi connectivity index (χ0) is 13.7. The predicted octanol–water partition coefficient (Wildman–Crippen LogP) is 2.69. The fourth-order valence-electron chi connectivity index (χ4n) is 3.02. The Bertz CT molecular complexity index is 392. The molecule has 0 bridgehead atoms. The zero-order valence-electron chi connectivity index (χ0n) is 12.4. The van der Waals surface area contributed by atoms with Gasteiger partial charge in [-0.1, -0.05) is 12.1 Å². The minimum Gasteiger partial charge on any atom is -0.497 e. The molecule has 1 aromatic carbocycles. The van der Waals surface area contributed by atoms with Crippen LogP contribution in [-0.2, 0) is 0 Å². The monoisotopic (exact) mass is 262 g/mol. The van der Waals surface area contributed by atoms with E-state index in [9.17, 15) is 0 Å². The Hall–Kier alpha value is -1.06. The van der Waals surface area contributed by atoms with Gasteiger partial charge in [-0.05, 0) is 63.5 Å². The van der Waals surface area contributed by atoms with Crippen LogP contribution in [-0.4, -0.2) is 38.7 Å². The fraction of sp³-hybridized carbons (Fsp3) is 0.625. The third kappa shape index (κ3) is 3.71. The average Bonchev–Trinajstić information content (AvgIpc) is 2.47. The first-order chi connectivity index (χ1) is 9.24. The molecule has 1 aliphatic rings. The second-order valence-corrected chi connectivity index (χ2v) is 5.51. The largest absolute Gasteiger partial charge is 0.497 e. The number of benzene rings is 1. The lowest BCUT2D eigenvalue weighted by Gasteiger charge is -2.37. The topological polar surface area (TPSA) is 24.5 Å². The van der Waals surface area contributed by atoms with Gasteiger partial charge in [0.2, 0.25) is 0 Å². The molecule has 1 aliphatic heterocycles. The van der Waals surface area contributed by atoms with Crippen molar-refractivity contribution in [2.24, 2.45) is 5.92 Å². The van der Waals surface area contributed by atoms with E-state index < -0.39 is 0 Å². The number of nitrogens with one attached hydrogen (secondary N) is 1. The van der Waals surface area contributed by atoms with Crippen molar-refractivity contribution in [1.29, 1.82) is 0 Å². The summed E-state index contributed by atoms with van der Waals surface area (Å²) >= 11 is 0. The summed E-state index contributed by atoms with van der Waals surface area (Å²) in [6, 6.07) is 8.92. The number of hydrogen-bond donors (Lipinski definition) is 1. The van der Waals surface area contributed by atoms with E-state index in [0.29, 0.717) is 6.04 Å². The first-order valence-corrected chi connectivity index (χ1v) is 7.27. The highest BCUT2D eigenvalue weighted by molar-refractivity contribution is 5.30. The van der Waals surface area contributed by atoms with Gasteiger partial charge in [-0.2, -0.15) is 0 Å². The summed E-state index contributed by atoms with van der Waals surface area (Å²) in [7, 11) is 3.78. The van der Waals surface area contributed by atoms with Crippen molar-refractivity contribution in [3.63, 3.8) is 0 Å². The number of nitrogens with zero attached hydrogens (tertiary/aromatic N) is 1. The van der Waals surface area contributed by atoms with E-state index in [2.05, 4.69) is 35.3 Å². The van der Waals surface area contributed by atoms with E-state index >= 15 is 0 Å². The number of hydrogen-bond acceptors (Lipinski definition) is 3. The molecule has 0 radical (unpaired) electrons. The second kappa shape index (κ2) is 6.92. The molecule has 2 atom stereocenters. The molecule has 0 saturated carbocycles. The van der Waals surface area contributed by atoms with Crippen LogP contribution >= 0.6 is 0 Å². The number of methoxy groups -OCH3 is 1. The number of likely N-dealkylation sites (tertiary alicyclic amines) is 1. The van der Waals surface area contributed by atoms with E-state index in [-0.39, 0.29) is 0 Å². The van der Waals surface area contributed by atoms with Crippen LogP contribution in [0.3, 0.4) is 0 Å². The smallest absolute Gasteiger partial charge is 0.119 e. The number of rotatable bonds is 5. The third-order valence-corrected chi connectivity index (χ3v) is 4.17. The highest BCUT2D eigenvalue weighted by atomic mass is 16.5. The van der Waals surface area contributed by atoms with Crippen LogP contribution in [0.25, 0.3) is 0 Å². The molecule has 1 aromatic rings. The fourth-order valence-corrected chi connectivity index (χ4v) is 3.02. The summed E-state index contributed by atoms with van der Waals surface area (Å²) in [6.45, 7) is 5.83. The SMILES string of the molecule is CNCC1CCCN(C(C)c2cccc(OC)c2)C1. The van der Waals surface area contributed by atoms with E-state index in [4.69, 9.17) is 4.74 Å². The molecule has 2 rings (SSSR count). The van der Waals surface area contributed by atoms with Gasteiger partial charge in [0, 0.05) is 12.6 Å². The Morgan fingerprint density at radius 2 is 2.32 bits per heavy atom. The molecule has 0 spiro atoms. The van der Waals surface area contributed by atoms with Crippen molar-refractivity contribution in [2.45, 2.75) is 25.8 Å². The van der Waals surface area contributed by atoms with E-state index in [1.165, 1.54) is 31.5 Å². The second-order valence-electron chi connectivity index (χ2n) is 5.51. The van der Waals surface area contributed by atoms with Crippen LogP contribution in [0, 0.1) is 5.92 Å². The Kier molecular flexibility index (Phi) is 5.23. The van der Waals surface area contributed by atoms with Crippen LogP contribution in [0.5, 0.6) is 5.75 Å². The molecule has 0 aliphatic carbocycles. The lowest BCUT2D eigenvalue weighted by atomic mass is 9.95. The molecule has 106 valence electrons. The summed E-state index contributed by atoms with van der Waals surface area (Å²) < 4.78 is 5.32. The van der Waals surface area contributed by atoms with Crippen LogP contribution in [0.15, 0.2) is 24.3 Å². The molecule has 19 heavy (non-hydrogen) atoms. The molecule has 0 aromatic heterocycles. The van der Waals surface area contributed by atoms with Crippen LogP contribution in [0.1, 0.15) is 31.4 Å². The van der Waals surface area contributed by atoms with Crippen LogP contribution in [0.2, 0.25) is 0 Å². The first-order valence-electron chi connectivity index (χ1n) is 7.27. The molecular weight excluding hydrogens is 236 g/mol. The summed E-state index contributed by atoms with van der Waals surface area (Å²) in [4.78, 5) is 2.60. The number of ether oxygens (including phenoxy) is 1. The van der Waals surface area contributed by atoms with Gasteiger partial charge in [0.25, 0.3) is 0 Å². The Morgan fingerprint density at radius 1 is 1.47 bits per heavy atom. The van der Waals surface area contributed by atoms with Gasteiger partial charge in [0.15, 0.2) is 0 Å². The average molecular weight is 262 g/mol. The van der Waals surface area contributed by atoms with Crippen molar-refractivity contribution in [3.05, 3.63) is 29.8 Å². The maximum absolute atomic E-state index is 5.32. The highest BCUT2D eigenvalue weighted by Crippen LogP contribution is 2.28. The molecule has 1 N–H and O–H groups in total. The Labute approximate surface area is 116 Å². The molecule has 2 unspecified atom stereocenters. The quantitative estimate of drug-likeness (QED) is 0.883. The highest BCUT2D eigenvalue weighted by Gasteiger charge is 2.23. The van der Waals surface area contributed by atoms with Gasteiger partial charge >= 0.3 is 0 Å². The maximum Gasteiger partial charge on any atom is 0.119 e. The molecule has 3 heteroatoms. The van der Waals surface area contributed by atoms with Crippen molar-refractivity contribution >= 4 is 0 Å².